The van der Waals surface area contributed by atoms with E-state index in [0.717, 1.165) is 36.8 Å². The van der Waals surface area contributed by atoms with Gasteiger partial charge in [0.1, 0.15) is 11.9 Å². The fourth-order valence-corrected chi connectivity index (χ4v) is 3.42. The maximum Gasteiger partial charge on any atom is 0.319 e. The highest BCUT2D eigenvalue weighted by atomic mass is 16.5. The molecule has 6 heteroatoms. The molecule has 6 nitrogen and oxygen atoms in total. The third kappa shape index (κ3) is 3.52. The van der Waals surface area contributed by atoms with Crippen LogP contribution in [-0.4, -0.2) is 36.8 Å². The summed E-state index contributed by atoms with van der Waals surface area (Å²) in [6, 6.07) is 11.5. The third-order valence-corrected chi connectivity index (χ3v) is 4.64. The fraction of sp³-hybridized carbons (Fsp3) is 0.368. The van der Waals surface area contributed by atoms with Gasteiger partial charge in [0.15, 0.2) is 5.82 Å². The Bertz CT molecular complexity index is 734. The molecule has 2 aliphatic heterocycles. The number of nitrogens with zero attached hydrogens (tertiary/aromatic N) is 2. The lowest BCUT2D eigenvalue weighted by Crippen LogP contribution is -2.37. The highest BCUT2D eigenvalue weighted by molar-refractivity contribution is 5.92. The first-order chi connectivity index (χ1) is 12.3. The standard InChI is InChI=1S/C19H22N4O2/c24-19(21-13-15-12-14-6-1-2-8-17(14)25-15)22-16-7-5-9-20-18(16)23-10-3-4-11-23/h1-2,5-9,15H,3-4,10-13H2,(H2,21,22,24)/t15-/m0/s1. The topological polar surface area (TPSA) is 66.5 Å². The van der Waals surface area contributed by atoms with Gasteiger partial charge in [-0.05, 0) is 36.6 Å². The summed E-state index contributed by atoms with van der Waals surface area (Å²) in [5.41, 5.74) is 1.94. The van der Waals surface area contributed by atoms with Gasteiger partial charge in [-0.2, -0.15) is 0 Å². The van der Waals surface area contributed by atoms with E-state index in [2.05, 4.69) is 26.6 Å². The van der Waals surface area contributed by atoms with Crippen molar-refractivity contribution in [2.75, 3.05) is 29.9 Å². The van der Waals surface area contributed by atoms with Gasteiger partial charge in [0.25, 0.3) is 0 Å². The number of hydrogen-bond donors (Lipinski definition) is 2. The smallest absolute Gasteiger partial charge is 0.319 e. The van der Waals surface area contributed by atoms with E-state index in [1.807, 2.05) is 30.3 Å². The molecule has 4 rings (SSSR count). The zero-order valence-electron chi connectivity index (χ0n) is 14.1. The van der Waals surface area contributed by atoms with Crippen LogP contribution in [-0.2, 0) is 6.42 Å². The van der Waals surface area contributed by atoms with Crippen molar-refractivity contribution < 1.29 is 9.53 Å². The Kier molecular flexibility index (Phi) is 4.41. The first-order valence-corrected chi connectivity index (χ1v) is 8.79. The Balaban J connectivity index is 1.33. The van der Waals surface area contributed by atoms with Gasteiger partial charge in [-0.3, -0.25) is 0 Å². The summed E-state index contributed by atoms with van der Waals surface area (Å²) in [7, 11) is 0. The first-order valence-electron chi connectivity index (χ1n) is 8.79. The molecular formula is C19H22N4O2. The highest BCUT2D eigenvalue weighted by Gasteiger charge is 2.23. The van der Waals surface area contributed by atoms with Crippen LogP contribution in [0.4, 0.5) is 16.3 Å². The maximum absolute atomic E-state index is 12.3. The van der Waals surface area contributed by atoms with E-state index in [1.54, 1.807) is 6.20 Å². The SMILES string of the molecule is O=C(NC[C@@H]1Cc2ccccc2O1)Nc1cccnc1N1CCCC1. The van der Waals surface area contributed by atoms with E-state index in [-0.39, 0.29) is 12.1 Å². The average Bonchev–Trinajstić information content (AvgIpc) is 3.30. The molecule has 25 heavy (non-hydrogen) atoms. The van der Waals surface area contributed by atoms with Crippen LogP contribution in [0.5, 0.6) is 5.75 Å². The number of carbonyl (C=O) groups excluding carboxylic acids is 1. The van der Waals surface area contributed by atoms with E-state index in [0.29, 0.717) is 6.54 Å². The number of urea groups is 1. The number of hydrogen-bond acceptors (Lipinski definition) is 4. The zero-order valence-corrected chi connectivity index (χ0v) is 14.1. The second kappa shape index (κ2) is 7.01. The van der Waals surface area contributed by atoms with Crippen molar-refractivity contribution in [1.29, 1.82) is 0 Å². The Morgan fingerprint density at radius 1 is 1.20 bits per heavy atom. The van der Waals surface area contributed by atoms with Crippen molar-refractivity contribution >= 4 is 17.5 Å². The molecule has 130 valence electrons. The minimum Gasteiger partial charge on any atom is -0.488 e. The van der Waals surface area contributed by atoms with Crippen LogP contribution in [0.25, 0.3) is 0 Å². The molecule has 1 aromatic heterocycles. The van der Waals surface area contributed by atoms with Crippen molar-refractivity contribution in [2.24, 2.45) is 0 Å². The van der Waals surface area contributed by atoms with Crippen LogP contribution in [0.2, 0.25) is 0 Å². The van der Waals surface area contributed by atoms with E-state index in [9.17, 15) is 4.79 Å². The van der Waals surface area contributed by atoms with E-state index >= 15 is 0 Å². The van der Waals surface area contributed by atoms with Gasteiger partial charge >= 0.3 is 6.03 Å². The lowest BCUT2D eigenvalue weighted by atomic mass is 10.1. The molecule has 2 aromatic rings. The molecule has 1 saturated heterocycles. The predicted octanol–water partition coefficient (Wildman–Crippen LogP) is 2.81. The summed E-state index contributed by atoms with van der Waals surface area (Å²) in [5, 5.41) is 5.83. The Hall–Kier alpha value is -2.76. The summed E-state index contributed by atoms with van der Waals surface area (Å²) in [4.78, 5) is 18.9. The Morgan fingerprint density at radius 2 is 2.04 bits per heavy atom. The maximum atomic E-state index is 12.3. The van der Waals surface area contributed by atoms with E-state index in [1.165, 1.54) is 18.4 Å². The van der Waals surface area contributed by atoms with Crippen LogP contribution >= 0.6 is 0 Å². The van der Waals surface area contributed by atoms with Gasteiger partial charge in [-0.15, -0.1) is 0 Å². The number of benzene rings is 1. The number of pyridine rings is 1. The van der Waals surface area contributed by atoms with Crippen molar-refractivity contribution in [1.82, 2.24) is 10.3 Å². The van der Waals surface area contributed by atoms with Crippen LogP contribution in [0.3, 0.4) is 0 Å². The minimum atomic E-state index is -0.229. The van der Waals surface area contributed by atoms with Crippen LogP contribution in [0, 0.1) is 0 Å². The lowest BCUT2D eigenvalue weighted by molar-refractivity contribution is 0.219. The van der Waals surface area contributed by atoms with Crippen LogP contribution in [0.15, 0.2) is 42.6 Å². The molecule has 0 unspecified atom stereocenters. The molecule has 1 aromatic carbocycles. The predicted molar refractivity (Wildman–Crippen MR) is 97.3 cm³/mol. The molecule has 0 radical (unpaired) electrons. The molecule has 2 amide bonds. The van der Waals surface area contributed by atoms with Gasteiger partial charge in [-0.1, -0.05) is 18.2 Å². The number of ether oxygens (including phenoxy) is 1. The number of amides is 2. The molecule has 0 aliphatic carbocycles. The van der Waals surface area contributed by atoms with Gasteiger partial charge in [0.05, 0.1) is 12.2 Å². The molecule has 0 spiro atoms. The summed E-state index contributed by atoms with van der Waals surface area (Å²) in [6.45, 7) is 2.45. The van der Waals surface area contributed by atoms with Crippen molar-refractivity contribution in [3.05, 3.63) is 48.2 Å². The van der Waals surface area contributed by atoms with Crippen LogP contribution < -0.4 is 20.3 Å². The third-order valence-electron chi connectivity index (χ3n) is 4.64. The minimum absolute atomic E-state index is 0.0184. The normalized spacial score (nSPS) is 18.6. The molecule has 0 bridgehead atoms. The molecule has 2 N–H and O–H groups in total. The number of rotatable bonds is 4. The monoisotopic (exact) mass is 338 g/mol. The Labute approximate surface area is 147 Å². The molecule has 2 aliphatic rings. The number of fused-ring (bicyclic) bond motifs is 1. The van der Waals surface area contributed by atoms with Crippen LogP contribution in [0.1, 0.15) is 18.4 Å². The second-order valence-corrected chi connectivity index (χ2v) is 6.46. The quantitative estimate of drug-likeness (QED) is 0.900. The second-order valence-electron chi connectivity index (χ2n) is 6.46. The van der Waals surface area contributed by atoms with Crippen molar-refractivity contribution in [2.45, 2.75) is 25.4 Å². The number of nitrogens with one attached hydrogen (secondary N) is 2. The Morgan fingerprint density at radius 3 is 2.88 bits per heavy atom. The summed E-state index contributed by atoms with van der Waals surface area (Å²) in [5.74, 6) is 1.76. The summed E-state index contributed by atoms with van der Waals surface area (Å²) < 4.78 is 5.85. The van der Waals surface area contributed by atoms with Crippen molar-refractivity contribution in [3.63, 3.8) is 0 Å². The van der Waals surface area contributed by atoms with Gasteiger partial charge < -0.3 is 20.3 Å². The number of para-hydroxylation sites is 1. The van der Waals surface area contributed by atoms with Gasteiger partial charge in [0.2, 0.25) is 0 Å². The van der Waals surface area contributed by atoms with Gasteiger partial charge in [-0.25, -0.2) is 9.78 Å². The largest absolute Gasteiger partial charge is 0.488 e. The lowest BCUT2D eigenvalue weighted by Gasteiger charge is -2.20. The summed E-state index contributed by atoms with van der Waals surface area (Å²) >= 11 is 0. The zero-order chi connectivity index (χ0) is 17.1. The number of aromatic nitrogens is 1. The van der Waals surface area contributed by atoms with Crippen molar-refractivity contribution in [3.8, 4) is 5.75 Å². The first kappa shape index (κ1) is 15.7. The molecule has 1 atom stereocenters. The molecular weight excluding hydrogens is 316 g/mol. The molecule has 1 fully saturated rings. The number of carbonyl (C=O) groups is 1. The molecule has 3 heterocycles. The van der Waals surface area contributed by atoms with E-state index < -0.39 is 0 Å². The average molecular weight is 338 g/mol. The van der Waals surface area contributed by atoms with Gasteiger partial charge in [0, 0.05) is 25.7 Å². The molecule has 0 saturated carbocycles. The van der Waals surface area contributed by atoms with E-state index in [4.69, 9.17) is 4.74 Å². The fourth-order valence-electron chi connectivity index (χ4n) is 3.42. The number of anilines is 2. The summed E-state index contributed by atoms with van der Waals surface area (Å²) in [6.07, 6.45) is 4.90. The highest BCUT2D eigenvalue weighted by Crippen LogP contribution is 2.28.